The first-order valence-corrected chi connectivity index (χ1v) is 9.08. The summed E-state index contributed by atoms with van der Waals surface area (Å²) in [6.07, 6.45) is 2.03. The summed E-state index contributed by atoms with van der Waals surface area (Å²) in [4.78, 5) is 14.6. The van der Waals surface area contributed by atoms with E-state index in [2.05, 4.69) is 26.3 Å². The van der Waals surface area contributed by atoms with Crippen LogP contribution in [-0.4, -0.2) is 46.8 Å². The Morgan fingerprint density at radius 3 is 2.36 bits per heavy atom. The Morgan fingerprint density at radius 2 is 1.84 bits per heavy atom. The van der Waals surface area contributed by atoms with Crippen LogP contribution in [0.4, 0.5) is 0 Å². The van der Waals surface area contributed by atoms with Crippen molar-refractivity contribution < 1.29 is 4.79 Å². The molecule has 0 spiro atoms. The zero-order valence-electron chi connectivity index (χ0n) is 14.8. The number of carbonyl (C=O) groups is 1. The fourth-order valence-corrected chi connectivity index (χ4v) is 3.43. The minimum Gasteiger partial charge on any atom is -0.339 e. The van der Waals surface area contributed by atoms with Crippen molar-refractivity contribution in [3.63, 3.8) is 0 Å². The molecule has 1 amide bonds. The number of benzene rings is 1. The minimum atomic E-state index is 0. The third-order valence-electron chi connectivity index (χ3n) is 4.74. The molecule has 0 saturated carbocycles. The Balaban J connectivity index is 0.00000225. The van der Waals surface area contributed by atoms with E-state index in [0.717, 1.165) is 53.0 Å². The Labute approximate surface area is 163 Å². The van der Waals surface area contributed by atoms with Gasteiger partial charge < -0.3 is 10.2 Å². The Kier molecular flexibility index (Phi) is 6.65. The molecule has 1 aliphatic heterocycles. The first-order valence-electron chi connectivity index (χ1n) is 8.29. The highest BCUT2D eigenvalue weighted by Gasteiger charge is 2.22. The molecule has 5 nitrogen and oxygen atoms in total. The van der Waals surface area contributed by atoms with E-state index in [9.17, 15) is 4.79 Å². The second kappa shape index (κ2) is 8.34. The molecule has 1 N–H and O–H groups in total. The van der Waals surface area contributed by atoms with Gasteiger partial charge in [0.05, 0.1) is 21.5 Å². The Morgan fingerprint density at radius 1 is 1.24 bits per heavy atom. The lowest BCUT2D eigenvalue weighted by molar-refractivity contribution is 0.0703. The summed E-state index contributed by atoms with van der Waals surface area (Å²) in [7, 11) is 1.91. The number of hydrogen-bond donors (Lipinski definition) is 1. The zero-order valence-corrected chi connectivity index (χ0v) is 17.2. The molecule has 1 aliphatic rings. The van der Waals surface area contributed by atoms with Crippen LogP contribution in [0.25, 0.3) is 5.69 Å². The third kappa shape index (κ3) is 4.07. The van der Waals surface area contributed by atoms with Crippen LogP contribution in [0.2, 0.25) is 0 Å². The van der Waals surface area contributed by atoms with E-state index in [-0.39, 0.29) is 18.3 Å². The average Bonchev–Trinajstić information content (AvgIpc) is 2.89. The van der Waals surface area contributed by atoms with Crippen molar-refractivity contribution in [2.75, 3.05) is 20.1 Å². The summed E-state index contributed by atoms with van der Waals surface area (Å²) in [6, 6.07) is 8.01. The van der Waals surface area contributed by atoms with Crippen molar-refractivity contribution in [1.29, 1.82) is 0 Å². The van der Waals surface area contributed by atoms with E-state index in [1.54, 1.807) is 0 Å². The molecule has 0 atom stereocenters. The van der Waals surface area contributed by atoms with Gasteiger partial charge in [0.2, 0.25) is 0 Å². The maximum atomic E-state index is 12.7. The van der Waals surface area contributed by atoms with Gasteiger partial charge in [-0.25, -0.2) is 4.68 Å². The summed E-state index contributed by atoms with van der Waals surface area (Å²) in [5.41, 5.74) is 3.69. The summed E-state index contributed by atoms with van der Waals surface area (Å²) in [5, 5.41) is 7.86. The fourth-order valence-electron chi connectivity index (χ4n) is 3.18. The second-order valence-corrected chi connectivity index (χ2v) is 7.13. The number of piperidine rings is 1. The number of halogens is 2. The van der Waals surface area contributed by atoms with Crippen LogP contribution in [0, 0.1) is 13.8 Å². The van der Waals surface area contributed by atoms with Crippen molar-refractivity contribution >= 4 is 34.2 Å². The molecule has 1 aromatic heterocycles. The van der Waals surface area contributed by atoms with Crippen molar-refractivity contribution in [3.8, 4) is 5.69 Å². The van der Waals surface area contributed by atoms with E-state index in [4.69, 9.17) is 0 Å². The van der Waals surface area contributed by atoms with Crippen LogP contribution >= 0.6 is 28.3 Å². The first kappa shape index (κ1) is 19.9. The zero-order chi connectivity index (χ0) is 17.3. The highest BCUT2D eigenvalue weighted by atomic mass is 79.9. The van der Waals surface area contributed by atoms with Crippen LogP contribution in [0.15, 0.2) is 28.7 Å². The number of nitrogens with one attached hydrogen (secondary N) is 1. The topological polar surface area (TPSA) is 50.2 Å². The van der Waals surface area contributed by atoms with Gasteiger partial charge in [0, 0.05) is 18.7 Å². The summed E-state index contributed by atoms with van der Waals surface area (Å²) in [6.45, 7) is 5.95. The monoisotopic (exact) mass is 426 g/mol. The smallest absolute Gasteiger partial charge is 0.253 e. The average molecular weight is 428 g/mol. The molecule has 0 aliphatic carbocycles. The summed E-state index contributed by atoms with van der Waals surface area (Å²) >= 11 is 3.55. The van der Waals surface area contributed by atoms with Crippen molar-refractivity contribution in [3.05, 3.63) is 45.7 Å². The second-order valence-electron chi connectivity index (χ2n) is 6.34. The highest BCUT2D eigenvalue weighted by Crippen LogP contribution is 2.23. The molecule has 2 heterocycles. The van der Waals surface area contributed by atoms with Crippen LogP contribution in [-0.2, 0) is 0 Å². The van der Waals surface area contributed by atoms with Gasteiger partial charge in [0.15, 0.2) is 0 Å². The van der Waals surface area contributed by atoms with Gasteiger partial charge in [-0.1, -0.05) is 0 Å². The number of carbonyl (C=O) groups excluding carboxylic acids is 1. The Hall–Kier alpha value is -1.37. The van der Waals surface area contributed by atoms with Crippen molar-refractivity contribution in [2.24, 2.45) is 0 Å². The van der Waals surface area contributed by atoms with Gasteiger partial charge in [-0.05, 0) is 80.0 Å². The molecular formula is C18H24BrClN4O. The SMILES string of the molecule is Cc1nn(-c2ccc(C(=O)N(C)C3CCNCC3)cc2)c(C)c1Br.Cl. The van der Waals surface area contributed by atoms with Gasteiger partial charge in [0.1, 0.15) is 0 Å². The third-order valence-corrected chi connectivity index (χ3v) is 5.89. The van der Waals surface area contributed by atoms with Gasteiger partial charge in [-0.15, -0.1) is 12.4 Å². The fraction of sp³-hybridized carbons (Fsp3) is 0.444. The Bertz CT molecular complexity index is 738. The standard InChI is InChI=1S/C18H23BrN4O.ClH/c1-12-17(19)13(2)23(21-12)16-6-4-14(5-7-16)18(24)22(3)15-8-10-20-11-9-15;/h4-7,15,20H,8-11H2,1-3H3;1H. The van der Waals surface area contributed by atoms with Gasteiger partial charge in [0.25, 0.3) is 5.91 Å². The van der Waals surface area contributed by atoms with Crippen molar-refractivity contribution in [2.45, 2.75) is 32.7 Å². The molecule has 25 heavy (non-hydrogen) atoms. The molecular weight excluding hydrogens is 404 g/mol. The molecule has 1 fully saturated rings. The van der Waals surface area contributed by atoms with Crippen LogP contribution < -0.4 is 5.32 Å². The predicted octanol–water partition coefficient (Wildman–Crippen LogP) is 3.50. The van der Waals surface area contributed by atoms with Gasteiger partial charge >= 0.3 is 0 Å². The normalized spacial score (nSPS) is 14.9. The number of hydrogen-bond acceptors (Lipinski definition) is 3. The summed E-state index contributed by atoms with van der Waals surface area (Å²) < 4.78 is 2.91. The molecule has 0 radical (unpaired) electrons. The number of rotatable bonds is 3. The largest absolute Gasteiger partial charge is 0.339 e. The molecule has 0 unspecified atom stereocenters. The number of nitrogens with zero attached hydrogens (tertiary/aromatic N) is 3. The quantitative estimate of drug-likeness (QED) is 0.815. The van der Waals surface area contributed by atoms with E-state index in [1.807, 2.05) is 54.7 Å². The first-order chi connectivity index (χ1) is 11.5. The summed E-state index contributed by atoms with van der Waals surface area (Å²) in [5.74, 6) is 0.0861. The lowest BCUT2D eigenvalue weighted by Crippen LogP contribution is -2.43. The predicted molar refractivity (Wildman–Crippen MR) is 106 cm³/mol. The van der Waals surface area contributed by atoms with Gasteiger partial charge in [-0.2, -0.15) is 5.10 Å². The molecule has 136 valence electrons. The maximum absolute atomic E-state index is 12.7. The highest BCUT2D eigenvalue weighted by molar-refractivity contribution is 9.10. The lowest BCUT2D eigenvalue weighted by atomic mass is 10.0. The molecule has 1 aromatic carbocycles. The van der Waals surface area contributed by atoms with E-state index in [1.165, 1.54) is 0 Å². The van der Waals surface area contributed by atoms with Crippen molar-refractivity contribution in [1.82, 2.24) is 20.0 Å². The lowest BCUT2D eigenvalue weighted by Gasteiger charge is -2.31. The molecule has 2 aromatic rings. The number of aryl methyl sites for hydroxylation is 1. The molecule has 1 saturated heterocycles. The van der Waals surface area contributed by atoms with E-state index >= 15 is 0 Å². The van der Waals surface area contributed by atoms with Crippen LogP contribution in [0.1, 0.15) is 34.6 Å². The molecule has 7 heteroatoms. The number of amides is 1. The number of aromatic nitrogens is 2. The van der Waals surface area contributed by atoms with Crippen LogP contribution in [0.3, 0.4) is 0 Å². The maximum Gasteiger partial charge on any atom is 0.253 e. The van der Waals surface area contributed by atoms with Crippen LogP contribution in [0.5, 0.6) is 0 Å². The minimum absolute atomic E-state index is 0. The molecule has 0 bridgehead atoms. The van der Waals surface area contributed by atoms with E-state index < -0.39 is 0 Å². The van der Waals surface area contributed by atoms with Gasteiger partial charge in [-0.3, -0.25) is 4.79 Å². The van der Waals surface area contributed by atoms with E-state index in [0.29, 0.717) is 6.04 Å². The molecule has 3 rings (SSSR count).